The van der Waals surface area contributed by atoms with Gasteiger partial charge in [-0.05, 0) is 31.5 Å². The van der Waals surface area contributed by atoms with E-state index in [-0.39, 0.29) is 24.4 Å². The zero-order valence-corrected chi connectivity index (χ0v) is 13.2. The fourth-order valence-corrected chi connectivity index (χ4v) is 2.16. The van der Waals surface area contributed by atoms with Gasteiger partial charge in [-0.25, -0.2) is 0 Å². The number of amides is 1. The smallest absolute Gasteiger partial charge is 0.308 e. The van der Waals surface area contributed by atoms with Crippen LogP contribution in [0.1, 0.15) is 42.2 Å². The van der Waals surface area contributed by atoms with Crippen LogP contribution in [0, 0.1) is 0 Å². The Labute approximate surface area is 135 Å². The van der Waals surface area contributed by atoms with Gasteiger partial charge in [-0.1, -0.05) is 30.3 Å². The number of hydrogen-bond acceptors (Lipinski definition) is 4. The van der Waals surface area contributed by atoms with E-state index in [1.54, 1.807) is 38.4 Å². The summed E-state index contributed by atoms with van der Waals surface area (Å²) in [6, 6.07) is 12.2. The number of pyridine rings is 1. The lowest BCUT2D eigenvalue weighted by Gasteiger charge is -2.19. The molecule has 0 bridgehead atoms. The molecule has 1 heterocycles. The van der Waals surface area contributed by atoms with E-state index in [1.807, 2.05) is 30.3 Å². The number of esters is 1. The summed E-state index contributed by atoms with van der Waals surface area (Å²) < 4.78 is 5.19. The number of benzene rings is 1. The van der Waals surface area contributed by atoms with Gasteiger partial charge in [-0.3, -0.25) is 14.6 Å². The molecule has 0 fully saturated rings. The Balaban J connectivity index is 2.14. The molecule has 1 atom stereocenters. The molecule has 1 unspecified atom stereocenters. The van der Waals surface area contributed by atoms with Crippen LogP contribution in [0.15, 0.2) is 54.9 Å². The first-order valence-corrected chi connectivity index (χ1v) is 7.51. The molecule has 2 aromatic rings. The lowest BCUT2D eigenvalue weighted by Crippen LogP contribution is -2.31. The van der Waals surface area contributed by atoms with Gasteiger partial charge in [0, 0.05) is 18.0 Å². The summed E-state index contributed by atoms with van der Waals surface area (Å²) >= 11 is 0. The largest absolute Gasteiger partial charge is 0.463 e. The van der Waals surface area contributed by atoms with Crippen molar-refractivity contribution in [2.75, 3.05) is 0 Å². The second kappa shape index (κ2) is 8.08. The highest BCUT2D eigenvalue weighted by Gasteiger charge is 2.20. The van der Waals surface area contributed by atoms with Gasteiger partial charge in [0.2, 0.25) is 0 Å². The molecule has 1 amide bonds. The molecule has 1 aromatic heterocycles. The quantitative estimate of drug-likeness (QED) is 0.833. The minimum atomic E-state index is -0.442. The van der Waals surface area contributed by atoms with Crippen LogP contribution >= 0.6 is 0 Å². The molecule has 0 spiro atoms. The second-order valence-corrected chi connectivity index (χ2v) is 5.42. The van der Waals surface area contributed by atoms with Crippen molar-refractivity contribution in [2.24, 2.45) is 0 Å². The first-order valence-electron chi connectivity index (χ1n) is 7.51. The van der Waals surface area contributed by atoms with Gasteiger partial charge in [-0.2, -0.15) is 0 Å². The summed E-state index contributed by atoms with van der Waals surface area (Å²) in [6.45, 7) is 3.59. The number of aromatic nitrogens is 1. The molecule has 0 aliphatic carbocycles. The predicted molar refractivity (Wildman–Crippen MR) is 86.7 cm³/mol. The average Bonchev–Trinajstić information content (AvgIpc) is 2.55. The highest BCUT2D eigenvalue weighted by Crippen LogP contribution is 2.18. The van der Waals surface area contributed by atoms with E-state index in [0.29, 0.717) is 5.56 Å². The van der Waals surface area contributed by atoms with Crippen LogP contribution in [0.25, 0.3) is 0 Å². The van der Waals surface area contributed by atoms with Gasteiger partial charge in [0.05, 0.1) is 18.6 Å². The molecule has 2 rings (SSSR count). The van der Waals surface area contributed by atoms with Gasteiger partial charge in [0.1, 0.15) is 0 Å². The third-order valence-electron chi connectivity index (χ3n) is 3.19. The fraction of sp³-hybridized carbons (Fsp3) is 0.278. The summed E-state index contributed by atoms with van der Waals surface area (Å²) in [7, 11) is 0. The van der Waals surface area contributed by atoms with Crippen molar-refractivity contribution in [3.8, 4) is 0 Å². The number of carbonyl (C=O) groups excluding carboxylic acids is 2. The normalized spacial score (nSPS) is 11.8. The van der Waals surface area contributed by atoms with Crippen molar-refractivity contribution in [1.29, 1.82) is 0 Å². The van der Waals surface area contributed by atoms with Crippen molar-refractivity contribution in [3.63, 3.8) is 0 Å². The van der Waals surface area contributed by atoms with E-state index in [9.17, 15) is 9.59 Å². The zero-order valence-electron chi connectivity index (χ0n) is 13.2. The molecular formula is C18H20N2O3. The van der Waals surface area contributed by atoms with Gasteiger partial charge >= 0.3 is 5.97 Å². The van der Waals surface area contributed by atoms with Crippen LogP contribution in [0.2, 0.25) is 0 Å². The minimum absolute atomic E-state index is 0.0824. The molecule has 0 aliphatic rings. The number of hydrogen-bond donors (Lipinski definition) is 1. The third kappa shape index (κ3) is 5.21. The van der Waals surface area contributed by atoms with E-state index in [4.69, 9.17) is 4.74 Å². The molecule has 0 radical (unpaired) electrons. The van der Waals surface area contributed by atoms with E-state index in [0.717, 1.165) is 5.56 Å². The minimum Gasteiger partial charge on any atom is -0.463 e. The number of nitrogens with one attached hydrogen (secondary N) is 1. The molecule has 5 nitrogen and oxygen atoms in total. The summed E-state index contributed by atoms with van der Waals surface area (Å²) in [6.07, 6.45) is 3.01. The van der Waals surface area contributed by atoms with Crippen molar-refractivity contribution < 1.29 is 14.3 Å². The predicted octanol–water partition coefficient (Wildman–Crippen LogP) is 2.89. The van der Waals surface area contributed by atoms with E-state index in [1.165, 1.54) is 0 Å². The first kappa shape index (κ1) is 16.7. The number of carbonyl (C=O) groups is 2. The van der Waals surface area contributed by atoms with Crippen LogP contribution in [0.4, 0.5) is 0 Å². The Morgan fingerprint density at radius 1 is 1.09 bits per heavy atom. The molecule has 0 saturated heterocycles. The van der Waals surface area contributed by atoms with Crippen molar-refractivity contribution in [2.45, 2.75) is 32.4 Å². The zero-order chi connectivity index (χ0) is 16.7. The number of rotatable bonds is 6. The maximum absolute atomic E-state index is 12.3. The molecule has 1 aromatic carbocycles. The summed E-state index contributed by atoms with van der Waals surface area (Å²) in [5, 5.41) is 2.89. The molecule has 120 valence electrons. The second-order valence-electron chi connectivity index (χ2n) is 5.42. The monoisotopic (exact) mass is 312 g/mol. The fourth-order valence-electron chi connectivity index (χ4n) is 2.16. The Hall–Kier alpha value is -2.69. The van der Waals surface area contributed by atoms with Gasteiger partial charge in [0.15, 0.2) is 0 Å². The highest BCUT2D eigenvalue weighted by molar-refractivity contribution is 5.94. The Morgan fingerprint density at radius 2 is 1.74 bits per heavy atom. The molecule has 5 heteroatoms. The van der Waals surface area contributed by atoms with Crippen molar-refractivity contribution in [1.82, 2.24) is 10.3 Å². The lowest BCUT2D eigenvalue weighted by molar-refractivity contribution is -0.147. The average molecular weight is 312 g/mol. The number of ether oxygens (including phenoxy) is 1. The van der Waals surface area contributed by atoms with Gasteiger partial charge in [0.25, 0.3) is 5.91 Å². The molecule has 0 saturated carbocycles. The number of nitrogens with zero attached hydrogens (tertiary/aromatic N) is 1. The van der Waals surface area contributed by atoms with Crippen LogP contribution in [-0.4, -0.2) is 23.0 Å². The van der Waals surface area contributed by atoms with Crippen LogP contribution in [0.3, 0.4) is 0 Å². The maximum Gasteiger partial charge on any atom is 0.308 e. The van der Waals surface area contributed by atoms with Gasteiger partial charge < -0.3 is 10.1 Å². The maximum atomic E-state index is 12.3. The van der Waals surface area contributed by atoms with Crippen molar-refractivity contribution in [3.05, 3.63) is 66.0 Å². The van der Waals surface area contributed by atoms with E-state index < -0.39 is 6.04 Å². The van der Waals surface area contributed by atoms with Crippen LogP contribution < -0.4 is 5.32 Å². The molecule has 1 N–H and O–H groups in total. The SMILES string of the molecule is CC(C)OC(=O)CC(NC(=O)c1ccncc1)c1ccccc1. The third-order valence-corrected chi connectivity index (χ3v) is 3.19. The van der Waals surface area contributed by atoms with E-state index in [2.05, 4.69) is 10.3 Å². The Kier molecular flexibility index (Phi) is 5.86. The first-order chi connectivity index (χ1) is 11.1. The Bertz CT molecular complexity index is 642. The van der Waals surface area contributed by atoms with Gasteiger partial charge in [-0.15, -0.1) is 0 Å². The molecular weight excluding hydrogens is 292 g/mol. The van der Waals surface area contributed by atoms with E-state index >= 15 is 0 Å². The van der Waals surface area contributed by atoms with Crippen LogP contribution in [-0.2, 0) is 9.53 Å². The topological polar surface area (TPSA) is 68.3 Å². The summed E-state index contributed by atoms with van der Waals surface area (Å²) in [4.78, 5) is 28.2. The molecule has 0 aliphatic heterocycles. The lowest BCUT2D eigenvalue weighted by atomic mass is 10.0. The van der Waals surface area contributed by atoms with Crippen LogP contribution in [0.5, 0.6) is 0 Å². The van der Waals surface area contributed by atoms with Crippen molar-refractivity contribution >= 4 is 11.9 Å². The Morgan fingerprint density at radius 3 is 2.35 bits per heavy atom. The highest BCUT2D eigenvalue weighted by atomic mass is 16.5. The summed E-state index contributed by atoms with van der Waals surface area (Å²) in [5.74, 6) is -0.595. The molecule has 23 heavy (non-hydrogen) atoms. The summed E-state index contributed by atoms with van der Waals surface area (Å²) in [5.41, 5.74) is 1.36. The standard InChI is InChI=1S/C18H20N2O3/c1-13(2)23-17(21)12-16(14-6-4-3-5-7-14)20-18(22)15-8-10-19-11-9-15/h3-11,13,16H,12H2,1-2H3,(H,20,22).